The van der Waals surface area contributed by atoms with Crippen LogP contribution in [0.4, 0.5) is 4.39 Å². The van der Waals surface area contributed by atoms with E-state index in [4.69, 9.17) is 11.6 Å². The quantitative estimate of drug-likeness (QED) is 0.539. The minimum absolute atomic E-state index is 0.0922. The molecule has 0 spiro atoms. The molecule has 5 nitrogen and oxygen atoms in total. The molecule has 0 bridgehead atoms. The van der Waals surface area contributed by atoms with Gasteiger partial charge in [-0.15, -0.1) is 11.3 Å². The number of aryl methyl sites for hydroxylation is 2. The number of fused-ring (bicyclic) bond motifs is 1. The first-order valence-corrected chi connectivity index (χ1v) is 12.1. The first-order chi connectivity index (χ1) is 15.8. The highest BCUT2D eigenvalue weighted by Crippen LogP contribution is 2.48. The molecule has 1 N–H and O–H groups in total. The van der Waals surface area contributed by atoms with Crippen molar-refractivity contribution in [1.29, 1.82) is 0 Å². The van der Waals surface area contributed by atoms with E-state index < -0.39 is 11.7 Å². The molecule has 33 heavy (non-hydrogen) atoms. The molecule has 2 heterocycles. The Balaban J connectivity index is 1.36. The molecule has 3 atom stereocenters. The Bertz CT molecular complexity index is 1260. The zero-order valence-corrected chi connectivity index (χ0v) is 19.8. The SMILES string of the molecule is Cc1cccc(-c2sc(C)nc2C(=O)N2[C@H](CNC(=O)c3cccc(F)c3Cl)C[C@@H]3C[C@@H]32)c1. The maximum atomic E-state index is 13.7. The second-order valence-corrected chi connectivity index (χ2v) is 10.3. The predicted octanol–water partition coefficient (Wildman–Crippen LogP) is 5.25. The lowest BCUT2D eigenvalue weighted by molar-refractivity contribution is 0.0684. The molecule has 2 aliphatic rings. The van der Waals surface area contributed by atoms with Gasteiger partial charge in [-0.3, -0.25) is 9.59 Å². The summed E-state index contributed by atoms with van der Waals surface area (Å²) < 4.78 is 13.7. The van der Waals surface area contributed by atoms with Crippen LogP contribution < -0.4 is 5.32 Å². The van der Waals surface area contributed by atoms with Gasteiger partial charge in [-0.2, -0.15) is 0 Å². The summed E-state index contributed by atoms with van der Waals surface area (Å²) in [5.74, 6) is -0.720. The van der Waals surface area contributed by atoms with Crippen molar-refractivity contribution in [2.45, 2.75) is 38.8 Å². The third-order valence-electron chi connectivity index (χ3n) is 6.36. The molecule has 2 aromatic carbocycles. The molecule has 0 unspecified atom stereocenters. The number of benzene rings is 2. The van der Waals surface area contributed by atoms with E-state index in [1.165, 1.54) is 29.5 Å². The minimum atomic E-state index is -0.634. The number of aromatic nitrogens is 1. The lowest BCUT2D eigenvalue weighted by Gasteiger charge is -2.27. The van der Waals surface area contributed by atoms with Crippen LogP contribution in [0.15, 0.2) is 42.5 Å². The monoisotopic (exact) mass is 483 g/mol. The molecule has 8 heteroatoms. The van der Waals surface area contributed by atoms with Crippen molar-refractivity contribution in [3.8, 4) is 10.4 Å². The Morgan fingerprint density at radius 1 is 1.21 bits per heavy atom. The summed E-state index contributed by atoms with van der Waals surface area (Å²) in [6.45, 7) is 4.22. The highest BCUT2D eigenvalue weighted by Gasteiger charge is 2.54. The fourth-order valence-corrected chi connectivity index (χ4v) is 5.84. The Morgan fingerprint density at radius 3 is 2.79 bits per heavy atom. The number of halogens is 2. The fraction of sp³-hybridized carbons (Fsp3) is 0.320. The molecule has 170 valence electrons. The fourth-order valence-electron chi connectivity index (χ4n) is 4.72. The number of hydrogen-bond donors (Lipinski definition) is 1. The average molecular weight is 484 g/mol. The minimum Gasteiger partial charge on any atom is -0.350 e. The lowest BCUT2D eigenvalue weighted by atomic mass is 10.1. The van der Waals surface area contributed by atoms with E-state index in [1.807, 2.05) is 36.9 Å². The van der Waals surface area contributed by atoms with Gasteiger partial charge in [-0.05, 0) is 50.3 Å². The van der Waals surface area contributed by atoms with Crippen LogP contribution >= 0.6 is 22.9 Å². The van der Waals surface area contributed by atoms with Crippen molar-refractivity contribution in [1.82, 2.24) is 15.2 Å². The number of nitrogens with one attached hydrogen (secondary N) is 1. The Hall–Kier alpha value is -2.77. The van der Waals surface area contributed by atoms with E-state index in [0.717, 1.165) is 33.9 Å². The number of piperidine rings is 1. The smallest absolute Gasteiger partial charge is 0.274 e. The number of likely N-dealkylation sites (tertiary alicyclic amines) is 1. The lowest BCUT2D eigenvalue weighted by Crippen LogP contribution is -2.45. The number of thiazole rings is 1. The Labute approximate surface area is 200 Å². The molecular formula is C25H23ClFN3O2S. The summed E-state index contributed by atoms with van der Waals surface area (Å²) in [5.41, 5.74) is 2.67. The van der Waals surface area contributed by atoms with Crippen LogP contribution in [-0.4, -0.2) is 40.3 Å². The van der Waals surface area contributed by atoms with Gasteiger partial charge >= 0.3 is 0 Å². The number of rotatable bonds is 5. The van der Waals surface area contributed by atoms with E-state index in [-0.39, 0.29) is 35.1 Å². The van der Waals surface area contributed by atoms with Crippen LogP contribution in [0.5, 0.6) is 0 Å². The van der Waals surface area contributed by atoms with E-state index in [1.54, 1.807) is 0 Å². The summed E-state index contributed by atoms with van der Waals surface area (Å²) in [7, 11) is 0. The number of amides is 2. The molecule has 1 aliphatic carbocycles. The zero-order chi connectivity index (χ0) is 23.3. The normalized spacial score (nSPS) is 21.1. The summed E-state index contributed by atoms with van der Waals surface area (Å²) in [4.78, 5) is 33.7. The van der Waals surface area contributed by atoms with Crippen LogP contribution in [0.25, 0.3) is 10.4 Å². The van der Waals surface area contributed by atoms with Crippen molar-refractivity contribution >= 4 is 34.8 Å². The van der Waals surface area contributed by atoms with Crippen molar-refractivity contribution in [3.05, 3.63) is 75.1 Å². The molecule has 1 aromatic heterocycles. The van der Waals surface area contributed by atoms with Crippen molar-refractivity contribution < 1.29 is 14.0 Å². The van der Waals surface area contributed by atoms with E-state index in [9.17, 15) is 14.0 Å². The second kappa shape index (κ2) is 8.54. The largest absolute Gasteiger partial charge is 0.350 e. The number of carbonyl (C=O) groups is 2. The molecular weight excluding hydrogens is 461 g/mol. The van der Waals surface area contributed by atoms with Crippen LogP contribution in [-0.2, 0) is 0 Å². The van der Waals surface area contributed by atoms with Gasteiger partial charge in [0.25, 0.3) is 11.8 Å². The van der Waals surface area contributed by atoms with Crippen LogP contribution in [0.3, 0.4) is 0 Å². The standard InChI is InChI=1S/C25H23ClFN3O2S/c1-13-5-3-6-15(9-13)23-22(29-14(2)33-23)25(32)30-17(10-16-11-20(16)30)12-28-24(31)18-7-4-8-19(27)21(18)26/h3-9,16-17,20H,10-12H2,1-2H3,(H,28,31)/t16-,17+,20+/m1/s1. The van der Waals surface area contributed by atoms with Gasteiger partial charge in [0, 0.05) is 12.6 Å². The number of carbonyl (C=O) groups excluding carboxylic acids is 2. The highest BCUT2D eigenvalue weighted by atomic mass is 35.5. The predicted molar refractivity (Wildman–Crippen MR) is 127 cm³/mol. The first-order valence-electron chi connectivity index (χ1n) is 10.9. The van der Waals surface area contributed by atoms with E-state index >= 15 is 0 Å². The van der Waals surface area contributed by atoms with Crippen LogP contribution in [0.1, 0.15) is 44.3 Å². The third-order valence-corrected chi connectivity index (χ3v) is 7.76. The summed E-state index contributed by atoms with van der Waals surface area (Å²) in [6.07, 6.45) is 1.81. The molecule has 2 amide bonds. The van der Waals surface area contributed by atoms with Gasteiger partial charge in [0.15, 0.2) is 0 Å². The molecule has 3 aromatic rings. The summed E-state index contributed by atoms with van der Waals surface area (Å²) in [6, 6.07) is 12.3. The van der Waals surface area contributed by atoms with Gasteiger partial charge < -0.3 is 10.2 Å². The number of nitrogens with zero attached hydrogens (tertiary/aromatic N) is 2. The summed E-state index contributed by atoms with van der Waals surface area (Å²) in [5, 5.41) is 3.49. The van der Waals surface area contributed by atoms with E-state index in [2.05, 4.69) is 16.4 Å². The first kappa shape index (κ1) is 22.0. The Morgan fingerprint density at radius 2 is 2.00 bits per heavy atom. The van der Waals surface area contributed by atoms with Crippen LogP contribution in [0, 0.1) is 25.6 Å². The van der Waals surface area contributed by atoms with Crippen molar-refractivity contribution in [3.63, 3.8) is 0 Å². The third kappa shape index (κ3) is 4.15. The molecule has 1 saturated carbocycles. The van der Waals surface area contributed by atoms with Gasteiger partial charge in [0.2, 0.25) is 0 Å². The van der Waals surface area contributed by atoms with Gasteiger partial charge in [-0.1, -0.05) is 47.5 Å². The topological polar surface area (TPSA) is 62.3 Å². The van der Waals surface area contributed by atoms with Gasteiger partial charge in [0.05, 0.1) is 26.5 Å². The molecule has 1 saturated heterocycles. The van der Waals surface area contributed by atoms with Crippen molar-refractivity contribution in [2.24, 2.45) is 5.92 Å². The van der Waals surface area contributed by atoms with Gasteiger partial charge in [-0.25, -0.2) is 9.37 Å². The molecule has 0 radical (unpaired) electrons. The molecule has 1 aliphatic heterocycles. The average Bonchev–Trinajstić information content (AvgIpc) is 3.27. The highest BCUT2D eigenvalue weighted by molar-refractivity contribution is 7.15. The maximum Gasteiger partial charge on any atom is 0.274 e. The molecule has 5 rings (SSSR count). The maximum absolute atomic E-state index is 13.7. The van der Waals surface area contributed by atoms with E-state index in [0.29, 0.717) is 11.6 Å². The summed E-state index contributed by atoms with van der Waals surface area (Å²) >= 11 is 7.47. The molecule has 2 fully saturated rings. The van der Waals surface area contributed by atoms with Crippen molar-refractivity contribution in [2.75, 3.05) is 6.54 Å². The van der Waals surface area contributed by atoms with Gasteiger partial charge in [0.1, 0.15) is 11.5 Å². The number of hydrogen-bond acceptors (Lipinski definition) is 4. The second-order valence-electron chi connectivity index (χ2n) is 8.76. The van der Waals surface area contributed by atoms with Crippen LogP contribution in [0.2, 0.25) is 5.02 Å². The Kier molecular flexibility index (Phi) is 5.70. The zero-order valence-electron chi connectivity index (χ0n) is 18.3.